The number of hydrogen-bond donors (Lipinski definition) is 1. The van der Waals surface area contributed by atoms with E-state index >= 15 is 0 Å². The molecule has 2 atom stereocenters. The van der Waals surface area contributed by atoms with Crippen LogP contribution in [0.5, 0.6) is 0 Å². The van der Waals surface area contributed by atoms with Gasteiger partial charge in [0, 0.05) is 34.8 Å². The van der Waals surface area contributed by atoms with Gasteiger partial charge in [-0.2, -0.15) is 0 Å². The first-order valence-corrected chi connectivity index (χ1v) is 8.41. The topological polar surface area (TPSA) is 46.4 Å². The highest BCUT2D eigenvalue weighted by molar-refractivity contribution is 7.15. The third-order valence-electron chi connectivity index (χ3n) is 3.90. The van der Waals surface area contributed by atoms with Crippen molar-refractivity contribution in [2.24, 2.45) is 0 Å². The van der Waals surface area contributed by atoms with E-state index in [9.17, 15) is 4.79 Å². The number of fused-ring (bicyclic) bond motifs is 1. The molecule has 1 N–H and O–H groups in total. The lowest BCUT2D eigenvalue weighted by Gasteiger charge is -2.04. The Morgan fingerprint density at radius 2 is 2.41 bits per heavy atom. The van der Waals surface area contributed by atoms with Gasteiger partial charge in [0.05, 0.1) is 12.1 Å². The molecule has 0 radical (unpaired) electrons. The van der Waals surface area contributed by atoms with Gasteiger partial charge in [-0.3, -0.25) is 9.20 Å². The molecular formula is C16H14ClN3OS. The number of nitrogens with one attached hydrogen (secondary N) is 1. The molecule has 2 aromatic heterocycles. The van der Waals surface area contributed by atoms with Crippen LogP contribution in [0.3, 0.4) is 0 Å². The number of benzene rings is 1. The van der Waals surface area contributed by atoms with E-state index in [4.69, 9.17) is 11.6 Å². The summed E-state index contributed by atoms with van der Waals surface area (Å²) in [6, 6.07) is 8.07. The fraction of sp³-hybridized carbons (Fsp3) is 0.250. The van der Waals surface area contributed by atoms with Crippen molar-refractivity contribution < 1.29 is 4.79 Å². The van der Waals surface area contributed by atoms with E-state index in [1.807, 2.05) is 40.4 Å². The van der Waals surface area contributed by atoms with E-state index in [0.29, 0.717) is 12.3 Å². The van der Waals surface area contributed by atoms with Crippen LogP contribution in [0, 0.1) is 0 Å². The average molecular weight is 332 g/mol. The number of imidazole rings is 1. The molecule has 0 saturated heterocycles. The van der Waals surface area contributed by atoms with Gasteiger partial charge in [-0.1, -0.05) is 23.7 Å². The largest absolute Gasteiger partial charge is 0.352 e. The molecule has 22 heavy (non-hydrogen) atoms. The van der Waals surface area contributed by atoms with E-state index < -0.39 is 0 Å². The maximum absolute atomic E-state index is 12.1. The summed E-state index contributed by atoms with van der Waals surface area (Å²) in [7, 11) is 0. The van der Waals surface area contributed by atoms with Crippen LogP contribution < -0.4 is 5.32 Å². The van der Waals surface area contributed by atoms with E-state index in [0.717, 1.165) is 22.1 Å². The smallest absolute Gasteiger partial charge is 0.226 e. The normalized spacial score (nSPS) is 20.2. The molecule has 1 saturated carbocycles. The highest BCUT2D eigenvalue weighted by Gasteiger charge is 2.39. The Hall–Kier alpha value is -1.85. The molecule has 4 rings (SSSR count). The SMILES string of the molecule is O=C(Cc1cn2ccsc2n1)N[C@H]1C[C@@H]1c1cccc(Cl)c1. The molecule has 0 unspecified atom stereocenters. The van der Waals surface area contributed by atoms with Crippen LogP contribution in [0.25, 0.3) is 4.96 Å². The van der Waals surface area contributed by atoms with Crippen LogP contribution in [0.2, 0.25) is 5.02 Å². The van der Waals surface area contributed by atoms with Gasteiger partial charge in [-0.15, -0.1) is 11.3 Å². The summed E-state index contributed by atoms with van der Waals surface area (Å²) in [5.74, 6) is 0.411. The molecule has 0 spiro atoms. The van der Waals surface area contributed by atoms with Crippen molar-refractivity contribution in [1.29, 1.82) is 0 Å². The summed E-state index contributed by atoms with van der Waals surface area (Å²) >= 11 is 7.58. The molecule has 1 fully saturated rings. The minimum absolute atomic E-state index is 0.0280. The van der Waals surface area contributed by atoms with E-state index in [2.05, 4.69) is 16.4 Å². The minimum atomic E-state index is 0.0280. The first-order chi connectivity index (χ1) is 10.7. The third kappa shape index (κ3) is 2.74. The van der Waals surface area contributed by atoms with Crippen LogP contribution in [0.1, 0.15) is 23.6 Å². The van der Waals surface area contributed by atoms with E-state index in [1.54, 1.807) is 11.3 Å². The zero-order valence-electron chi connectivity index (χ0n) is 11.7. The van der Waals surface area contributed by atoms with Crippen molar-refractivity contribution in [2.45, 2.75) is 24.8 Å². The van der Waals surface area contributed by atoms with Crippen molar-refractivity contribution in [1.82, 2.24) is 14.7 Å². The quantitative estimate of drug-likeness (QED) is 0.797. The molecular weight excluding hydrogens is 318 g/mol. The first kappa shape index (κ1) is 13.8. The Balaban J connectivity index is 1.36. The second-order valence-electron chi connectivity index (χ2n) is 5.57. The van der Waals surface area contributed by atoms with Crippen LogP contribution in [-0.2, 0) is 11.2 Å². The number of hydrogen-bond acceptors (Lipinski definition) is 3. The Kier molecular flexibility index (Phi) is 3.39. The number of thiazole rings is 1. The van der Waals surface area contributed by atoms with Crippen molar-refractivity contribution in [2.75, 3.05) is 0 Å². The Bertz CT molecular complexity index is 812. The number of aromatic nitrogens is 2. The summed E-state index contributed by atoms with van der Waals surface area (Å²) in [5.41, 5.74) is 2.00. The summed E-state index contributed by atoms with van der Waals surface area (Å²) < 4.78 is 1.94. The molecule has 0 bridgehead atoms. The lowest BCUT2D eigenvalue weighted by atomic mass is 10.1. The van der Waals surface area contributed by atoms with Gasteiger partial charge >= 0.3 is 0 Å². The van der Waals surface area contributed by atoms with Crippen molar-refractivity contribution >= 4 is 33.8 Å². The number of halogens is 1. The fourth-order valence-corrected chi connectivity index (χ4v) is 3.66. The second kappa shape index (κ2) is 5.41. The third-order valence-corrected chi connectivity index (χ3v) is 4.90. The number of nitrogens with zero attached hydrogens (tertiary/aromatic N) is 2. The summed E-state index contributed by atoms with van der Waals surface area (Å²) in [6.07, 6.45) is 5.16. The molecule has 112 valence electrons. The number of carbonyl (C=O) groups excluding carboxylic acids is 1. The predicted molar refractivity (Wildman–Crippen MR) is 87.5 cm³/mol. The Morgan fingerprint density at radius 1 is 1.50 bits per heavy atom. The molecule has 1 aliphatic carbocycles. The number of carbonyl (C=O) groups is 1. The number of rotatable bonds is 4. The first-order valence-electron chi connectivity index (χ1n) is 7.15. The highest BCUT2D eigenvalue weighted by Crippen LogP contribution is 2.41. The summed E-state index contributed by atoms with van der Waals surface area (Å²) in [6.45, 7) is 0. The van der Waals surface area contributed by atoms with Crippen molar-refractivity contribution in [3.63, 3.8) is 0 Å². The minimum Gasteiger partial charge on any atom is -0.352 e. The van der Waals surface area contributed by atoms with Crippen LogP contribution in [-0.4, -0.2) is 21.3 Å². The monoisotopic (exact) mass is 331 g/mol. The van der Waals surface area contributed by atoms with Crippen LogP contribution in [0.4, 0.5) is 0 Å². The maximum atomic E-state index is 12.1. The summed E-state index contributed by atoms with van der Waals surface area (Å²) in [4.78, 5) is 17.5. The van der Waals surface area contributed by atoms with E-state index in [1.165, 1.54) is 5.56 Å². The van der Waals surface area contributed by atoms with Gasteiger partial charge in [-0.05, 0) is 24.1 Å². The van der Waals surface area contributed by atoms with Crippen LogP contribution >= 0.6 is 22.9 Å². The van der Waals surface area contributed by atoms with E-state index in [-0.39, 0.29) is 11.9 Å². The molecule has 0 aliphatic heterocycles. The van der Waals surface area contributed by atoms with Gasteiger partial charge < -0.3 is 5.32 Å². The van der Waals surface area contributed by atoms with Crippen molar-refractivity contribution in [3.8, 4) is 0 Å². The molecule has 1 amide bonds. The van der Waals surface area contributed by atoms with Crippen LogP contribution in [0.15, 0.2) is 42.0 Å². The predicted octanol–water partition coefficient (Wildman–Crippen LogP) is 3.26. The molecule has 2 heterocycles. The lowest BCUT2D eigenvalue weighted by Crippen LogP contribution is -2.28. The highest BCUT2D eigenvalue weighted by atomic mass is 35.5. The Labute approximate surface area is 136 Å². The average Bonchev–Trinajstić information content (AvgIpc) is 2.91. The molecule has 3 aromatic rings. The zero-order valence-corrected chi connectivity index (χ0v) is 13.3. The molecule has 1 aromatic carbocycles. The van der Waals surface area contributed by atoms with Crippen molar-refractivity contribution in [3.05, 3.63) is 58.3 Å². The lowest BCUT2D eigenvalue weighted by molar-refractivity contribution is -0.120. The standard InChI is InChI=1S/C16H14ClN3OS/c17-11-3-1-2-10(6-11)13-8-14(13)19-15(21)7-12-9-20-4-5-22-16(20)18-12/h1-6,9,13-14H,7-8H2,(H,19,21)/t13-,14+/m1/s1. The Morgan fingerprint density at radius 3 is 3.23 bits per heavy atom. The van der Waals surface area contributed by atoms with Gasteiger partial charge in [0.2, 0.25) is 5.91 Å². The fourth-order valence-electron chi connectivity index (χ4n) is 2.74. The van der Waals surface area contributed by atoms with Gasteiger partial charge in [0.25, 0.3) is 0 Å². The maximum Gasteiger partial charge on any atom is 0.226 e. The molecule has 1 aliphatic rings. The number of amides is 1. The van der Waals surface area contributed by atoms with Gasteiger partial charge in [0.15, 0.2) is 4.96 Å². The van der Waals surface area contributed by atoms with Gasteiger partial charge in [-0.25, -0.2) is 4.98 Å². The molecule has 6 heteroatoms. The van der Waals surface area contributed by atoms with Gasteiger partial charge in [0.1, 0.15) is 0 Å². The molecule has 4 nitrogen and oxygen atoms in total. The zero-order chi connectivity index (χ0) is 15.1. The second-order valence-corrected chi connectivity index (χ2v) is 6.88. The summed E-state index contributed by atoms with van der Waals surface area (Å²) in [5, 5.41) is 5.80.